The van der Waals surface area contributed by atoms with Crippen LogP contribution in [0.4, 0.5) is 4.39 Å². The van der Waals surface area contributed by atoms with Gasteiger partial charge < -0.3 is 0 Å². The van der Waals surface area contributed by atoms with Crippen LogP contribution in [-0.2, 0) is 10.0 Å². The lowest BCUT2D eigenvalue weighted by Crippen LogP contribution is -2.32. The first-order valence-electron chi connectivity index (χ1n) is 9.79. The fourth-order valence-electron chi connectivity index (χ4n) is 4.56. The Balaban J connectivity index is 1.70. The first-order valence-corrected chi connectivity index (χ1v) is 12.0. The highest BCUT2D eigenvalue weighted by Gasteiger charge is 2.30. The molecule has 1 atom stereocenters. The molecule has 3 heterocycles. The Morgan fingerprint density at radius 2 is 1.93 bits per heavy atom. The highest BCUT2D eigenvalue weighted by Crippen LogP contribution is 2.38. The normalized spacial score (nSPS) is 19.8. The lowest BCUT2D eigenvalue weighted by Gasteiger charge is -2.29. The molecule has 0 amide bonds. The maximum Gasteiger partial charge on any atom is 0.269 e. The minimum absolute atomic E-state index is 0.0796. The second-order valence-corrected chi connectivity index (χ2v) is 10.4. The largest absolute Gasteiger partial charge is 0.296 e. The van der Waals surface area contributed by atoms with E-state index < -0.39 is 15.8 Å². The maximum atomic E-state index is 14.1. The predicted molar refractivity (Wildman–Crippen MR) is 118 cm³/mol. The molecule has 0 N–H and O–H groups in total. The van der Waals surface area contributed by atoms with Crippen LogP contribution in [0.1, 0.15) is 24.8 Å². The molecule has 2 aliphatic rings. The fraction of sp³-hybridized carbons (Fsp3) is 0.273. The lowest BCUT2D eigenvalue weighted by atomic mass is 9.94. The van der Waals surface area contributed by atoms with E-state index in [0.717, 1.165) is 37.1 Å². The summed E-state index contributed by atoms with van der Waals surface area (Å²) in [6.45, 7) is 1.92. The number of rotatable bonds is 3. The van der Waals surface area contributed by atoms with Crippen molar-refractivity contribution in [3.05, 3.63) is 70.1 Å². The van der Waals surface area contributed by atoms with Crippen LogP contribution >= 0.6 is 23.2 Å². The third-order valence-electron chi connectivity index (χ3n) is 6.04. The summed E-state index contributed by atoms with van der Waals surface area (Å²) in [5.41, 5.74) is 2.22. The number of hydrogen-bond acceptors (Lipinski definition) is 3. The smallest absolute Gasteiger partial charge is 0.269 e. The van der Waals surface area contributed by atoms with Crippen molar-refractivity contribution in [3.8, 4) is 0 Å². The highest BCUT2D eigenvalue weighted by atomic mass is 35.5. The topological polar surface area (TPSA) is 42.3 Å². The van der Waals surface area contributed by atoms with Crippen molar-refractivity contribution < 1.29 is 12.8 Å². The van der Waals surface area contributed by atoms with Crippen LogP contribution in [0.3, 0.4) is 0 Å². The van der Waals surface area contributed by atoms with Crippen molar-refractivity contribution in [2.24, 2.45) is 0 Å². The SMILES string of the molecule is O=S(=O)(c1cc(Cl)ccc1Cl)n1cc(C2=CCN3CCC[C@@H]3C2)c2cc(F)ccc21. The summed E-state index contributed by atoms with van der Waals surface area (Å²) in [5, 5.41) is 0.940. The van der Waals surface area contributed by atoms with Gasteiger partial charge in [-0.05, 0) is 67.8 Å². The quantitative estimate of drug-likeness (QED) is 0.508. The summed E-state index contributed by atoms with van der Waals surface area (Å²) in [7, 11) is -4.03. The molecule has 2 aromatic carbocycles. The van der Waals surface area contributed by atoms with Crippen molar-refractivity contribution in [1.82, 2.24) is 8.87 Å². The third-order valence-corrected chi connectivity index (χ3v) is 8.43. The Kier molecular flexibility index (Phi) is 4.93. The van der Waals surface area contributed by atoms with Gasteiger partial charge in [-0.25, -0.2) is 16.8 Å². The molecule has 4 nitrogen and oxygen atoms in total. The van der Waals surface area contributed by atoms with Crippen LogP contribution in [0.25, 0.3) is 16.5 Å². The van der Waals surface area contributed by atoms with Gasteiger partial charge in [0.1, 0.15) is 10.7 Å². The molecular weight excluding hydrogens is 446 g/mol. The van der Waals surface area contributed by atoms with Crippen LogP contribution in [0, 0.1) is 5.82 Å². The Morgan fingerprint density at radius 3 is 2.77 bits per heavy atom. The number of benzene rings is 2. The predicted octanol–water partition coefficient (Wildman–Crippen LogP) is 5.58. The molecule has 30 heavy (non-hydrogen) atoms. The van der Waals surface area contributed by atoms with Gasteiger partial charge in [0, 0.05) is 34.8 Å². The molecule has 156 valence electrons. The van der Waals surface area contributed by atoms with Gasteiger partial charge in [-0.1, -0.05) is 29.3 Å². The second-order valence-electron chi connectivity index (χ2n) is 7.80. The van der Waals surface area contributed by atoms with Gasteiger partial charge >= 0.3 is 0 Å². The summed E-state index contributed by atoms with van der Waals surface area (Å²) in [5.74, 6) is -0.404. The molecule has 0 spiro atoms. The average molecular weight is 465 g/mol. The average Bonchev–Trinajstić information content (AvgIpc) is 3.33. The van der Waals surface area contributed by atoms with E-state index in [-0.39, 0.29) is 14.9 Å². The number of halogens is 3. The molecule has 3 aromatic rings. The molecule has 8 heteroatoms. The monoisotopic (exact) mass is 464 g/mol. The first kappa shape index (κ1) is 20.1. The van der Waals surface area contributed by atoms with Gasteiger partial charge in [0.05, 0.1) is 10.5 Å². The standard InChI is InChI=1S/C22H19Cl2FN2O2S/c23-15-3-5-20(24)22(11-15)30(28,29)27-13-19(18-12-16(25)4-6-21(18)27)14-7-9-26-8-1-2-17(26)10-14/h3-7,11-13,17H,1-2,8-10H2/t17-/m1/s1. The molecular formula is C22H19Cl2FN2O2S. The number of aromatic nitrogens is 1. The van der Waals surface area contributed by atoms with E-state index in [4.69, 9.17) is 23.2 Å². The van der Waals surface area contributed by atoms with E-state index in [1.165, 1.54) is 46.8 Å². The summed E-state index contributed by atoms with van der Waals surface area (Å²) < 4.78 is 42.3. The molecule has 0 radical (unpaired) electrons. The molecule has 0 aliphatic carbocycles. The van der Waals surface area contributed by atoms with Crippen molar-refractivity contribution in [2.45, 2.75) is 30.2 Å². The van der Waals surface area contributed by atoms with Gasteiger partial charge in [-0.2, -0.15) is 0 Å². The van der Waals surface area contributed by atoms with E-state index in [1.54, 1.807) is 6.20 Å². The molecule has 0 saturated carbocycles. The molecule has 1 saturated heterocycles. The summed E-state index contributed by atoms with van der Waals surface area (Å²) in [4.78, 5) is 2.36. The molecule has 2 aliphatic heterocycles. The zero-order valence-corrected chi connectivity index (χ0v) is 18.3. The molecule has 0 bridgehead atoms. The van der Waals surface area contributed by atoms with Crippen LogP contribution in [0.15, 0.2) is 53.6 Å². The highest BCUT2D eigenvalue weighted by molar-refractivity contribution is 7.90. The van der Waals surface area contributed by atoms with Crippen LogP contribution in [0.2, 0.25) is 10.0 Å². The third kappa shape index (κ3) is 3.26. The Labute approximate surface area is 184 Å². The van der Waals surface area contributed by atoms with Crippen molar-refractivity contribution in [2.75, 3.05) is 13.1 Å². The van der Waals surface area contributed by atoms with E-state index in [0.29, 0.717) is 16.9 Å². The van der Waals surface area contributed by atoms with Gasteiger partial charge in [0.2, 0.25) is 0 Å². The summed E-state index contributed by atoms with van der Waals surface area (Å²) in [6, 6.07) is 8.96. The molecule has 5 rings (SSSR count). The van der Waals surface area contributed by atoms with Crippen LogP contribution in [0.5, 0.6) is 0 Å². The fourth-order valence-corrected chi connectivity index (χ4v) is 6.67. The maximum absolute atomic E-state index is 14.1. The van der Waals surface area contributed by atoms with Gasteiger partial charge in [-0.3, -0.25) is 4.90 Å². The van der Waals surface area contributed by atoms with Crippen molar-refractivity contribution in [3.63, 3.8) is 0 Å². The lowest BCUT2D eigenvalue weighted by molar-refractivity contribution is 0.275. The first-order chi connectivity index (χ1) is 14.3. The minimum atomic E-state index is -4.03. The van der Waals surface area contributed by atoms with E-state index in [9.17, 15) is 12.8 Å². The molecule has 1 aromatic heterocycles. The molecule has 0 unspecified atom stereocenters. The zero-order chi connectivity index (χ0) is 21.0. The number of fused-ring (bicyclic) bond motifs is 2. The second kappa shape index (κ2) is 7.38. The van der Waals surface area contributed by atoms with Gasteiger partial charge in [0.15, 0.2) is 0 Å². The van der Waals surface area contributed by atoms with Crippen LogP contribution < -0.4 is 0 Å². The number of hydrogen-bond donors (Lipinski definition) is 0. The zero-order valence-electron chi connectivity index (χ0n) is 16.0. The van der Waals surface area contributed by atoms with Crippen LogP contribution in [-0.4, -0.2) is 36.4 Å². The van der Waals surface area contributed by atoms with Crippen molar-refractivity contribution in [1.29, 1.82) is 0 Å². The summed E-state index contributed by atoms with van der Waals surface area (Å²) >= 11 is 12.2. The number of nitrogens with zero attached hydrogens (tertiary/aromatic N) is 2. The van der Waals surface area contributed by atoms with E-state index in [1.807, 2.05) is 0 Å². The Hall–Kier alpha value is -1.86. The Bertz CT molecular complexity index is 1300. The van der Waals surface area contributed by atoms with Gasteiger partial charge in [-0.15, -0.1) is 0 Å². The van der Waals surface area contributed by atoms with Crippen molar-refractivity contribution >= 4 is 49.7 Å². The van der Waals surface area contributed by atoms with E-state index in [2.05, 4.69) is 11.0 Å². The van der Waals surface area contributed by atoms with E-state index >= 15 is 0 Å². The van der Waals surface area contributed by atoms with Gasteiger partial charge in [0.25, 0.3) is 10.0 Å². The summed E-state index contributed by atoms with van der Waals surface area (Å²) in [6.07, 6.45) is 6.84. The Morgan fingerprint density at radius 1 is 1.10 bits per heavy atom. The minimum Gasteiger partial charge on any atom is -0.296 e. The molecule has 1 fully saturated rings.